The van der Waals surface area contributed by atoms with Gasteiger partial charge in [0.15, 0.2) is 0 Å². The molecule has 6 heteroatoms. The van der Waals surface area contributed by atoms with Gasteiger partial charge in [0.25, 0.3) is 6.33 Å². The van der Waals surface area contributed by atoms with E-state index in [1.54, 1.807) is 21.3 Å². The molecular weight excluding hydrogens is 723 g/mol. The summed E-state index contributed by atoms with van der Waals surface area (Å²) in [6, 6.07) is 31.6. The first-order valence-corrected chi connectivity index (χ1v) is 18.9. The van der Waals surface area contributed by atoms with E-state index in [-0.39, 0.29) is 38.9 Å². The van der Waals surface area contributed by atoms with E-state index < -0.39 is 60.4 Å². The Morgan fingerprint density at radius 1 is 0.678 bits per heavy atom. The summed E-state index contributed by atoms with van der Waals surface area (Å²) in [4.78, 5) is 4.81. The highest BCUT2D eigenvalue weighted by atomic mass is 16.5. The van der Waals surface area contributed by atoms with Crippen molar-refractivity contribution < 1.29 is 23.0 Å². The predicted molar refractivity (Wildman–Crippen MR) is 237 cm³/mol. The third-order valence-corrected chi connectivity index (χ3v) is 10.4. The second kappa shape index (κ2) is 14.3. The molecule has 0 N–H and O–H groups in total. The Morgan fingerprint density at radius 3 is 2.05 bits per heavy atom. The number of pyridine rings is 1. The normalized spacial score (nSPS) is 14.0. The monoisotopic (exact) mass is 771 g/mol. The summed E-state index contributed by atoms with van der Waals surface area (Å²) in [5, 5.41) is 12.5. The van der Waals surface area contributed by atoms with E-state index in [2.05, 4.69) is 55.9 Å². The quantitative estimate of drug-likeness (QED) is 0.120. The molecule has 0 saturated heterocycles. The summed E-state index contributed by atoms with van der Waals surface area (Å²) >= 11 is 0. The summed E-state index contributed by atoms with van der Waals surface area (Å²) in [5.74, 6) is 1.83. The fourth-order valence-corrected chi connectivity index (χ4v) is 7.60. The van der Waals surface area contributed by atoms with E-state index in [1.165, 1.54) is 12.1 Å². The molecule has 3 heterocycles. The lowest BCUT2D eigenvalue weighted by Gasteiger charge is -2.20. The lowest BCUT2D eigenvalue weighted by Crippen LogP contribution is -2.31. The number of fused-ring (bicyclic) bond motifs is 4. The number of nitriles is 1. The van der Waals surface area contributed by atoms with Crippen LogP contribution < -0.4 is 9.30 Å². The van der Waals surface area contributed by atoms with Gasteiger partial charge in [0.05, 0.1) is 58.8 Å². The highest BCUT2D eigenvalue weighted by Gasteiger charge is 2.22. The molecule has 0 radical (unpaired) electrons. The molecule has 0 saturated carbocycles. The van der Waals surface area contributed by atoms with Gasteiger partial charge in [-0.05, 0) is 93.9 Å². The molecule has 0 spiro atoms. The number of aromatic nitrogens is 4. The number of para-hydroxylation sites is 3. The molecule has 0 aliphatic carbocycles. The average molecular weight is 772 g/mol. The molecule has 0 atom stereocenters. The molecule has 0 bridgehead atoms. The average Bonchev–Trinajstić information content (AvgIpc) is 3.89. The molecule has 10 rings (SSSR count). The number of benzene rings is 7. The molecule has 59 heavy (non-hydrogen) atoms. The van der Waals surface area contributed by atoms with Crippen LogP contribution in [-0.4, -0.2) is 14.1 Å². The largest absolute Gasteiger partial charge is 0.458 e. The highest BCUT2D eigenvalue weighted by molar-refractivity contribution is 6.09. The van der Waals surface area contributed by atoms with Crippen LogP contribution in [0.5, 0.6) is 11.5 Å². The Morgan fingerprint density at radius 2 is 1.34 bits per heavy atom. The molecule has 0 aliphatic heterocycles. The lowest BCUT2D eigenvalue weighted by atomic mass is 9.88. The zero-order chi connectivity index (χ0) is 48.8. The van der Waals surface area contributed by atoms with Crippen LogP contribution in [0.25, 0.3) is 72.3 Å². The van der Waals surface area contributed by atoms with Gasteiger partial charge in [0, 0.05) is 23.0 Å². The first kappa shape index (κ1) is 26.2. The van der Waals surface area contributed by atoms with Gasteiger partial charge in [-0.2, -0.15) is 5.26 Å². The Balaban J connectivity index is 1.17. The standard InChI is InChI=1S/C53H39N5O/c1-53(2,3)39-27-28-55-51(31-39)58-47-22-11-10-21-43(47)44-26-25-42(33-50(44)58)59-41-20-14-19-40(32-41)56-35-57(49-24-13-12-23-48(49)56)52-45(37-15-6-4-7-16-37)29-36(34-54)30-46(52)38-17-8-5-9-18-38/h4-33H,1-3H3/i4D,5D,6D,7D,8D,9D,15D,16D,17D,18D. The van der Waals surface area contributed by atoms with Crippen molar-refractivity contribution in [3.8, 4) is 57.0 Å². The van der Waals surface area contributed by atoms with Crippen molar-refractivity contribution in [1.29, 1.82) is 5.26 Å². The van der Waals surface area contributed by atoms with E-state index in [9.17, 15) is 5.26 Å². The van der Waals surface area contributed by atoms with Gasteiger partial charge in [-0.1, -0.05) is 130 Å². The zero-order valence-electron chi connectivity index (χ0n) is 42.2. The first-order valence-electron chi connectivity index (χ1n) is 23.9. The second-order valence-electron chi connectivity index (χ2n) is 15.1. The van der Waals surface area contributed by atoms with Gasteiger partial charge in [0.1, 0.15) is 17.3 Å². The minimum atomic E-state index is -0.624. The molecule has 0 amide bonds. The number of imidazole rings is 1. The van der Waals surface area contributed by atoms with Gasteiger partial charge in [-0.15, -0.1) is 0 Å². The van der Waals surface area contributed by atoms with Crippen LogP contribution in [0, 0.1) is 17.7 Å². The SMILES string of the molecule is [2H]c1c([2H])c([2H])c(-c2cc(C#N)cc(-c3c([2H])c([2H])c([2H])c([2H])c3[2H])c2-[n+]2[c-]n(-c3cccc(Oc4ccc5c6ccccc6n(-c6cc(C(C)(C)C)ccn6)c5c4)c3)c3ccccc32)c([2H])c1[2H]. The molecule has 282 valence electrons. The Labute approximate surface area is 357 Å². The molecule has 7 aromatic carbocycles. The van der Waals surface area contributed by atoms with Gasteiger partial charge < -0.3 is 4.74 Å². The van der Waals surface area contributed by atoms with Crippen LogP contribution in [0.4, 0.5) is 0 Å². The first-order chi connectivity index (χ1) is 33.0. The summed E-state index contributed by atoms with van der Waals surface area (Å²) < 4.78 is 99.2. The van der Waals surface area contributed by atoms with E-state index in [1.807, 2.05) is 79.0 Å². The topological polar surface area (TPSA) is 59.6 Å². The van der Waals surface area contributed by atoms with Gasteiger partial charge in [0.2, 0.25) is 0 Å². The summed E-state index contributed by atoms with van der Waals surface area (Å²) in [6.07, 6.45) is 5.22. The number of hydrogen-bond donors (Lipinski definition) is 0. The Kier molecular flexibility index (Phi) is 6.37. The smallest absolute Gasteiger partial charge is 0.269 e. The third kappa shape index (κ3) is 6.40. The Bertz CT molecular complexity index is 3700. The van der Waals surface area contributed by atoms with E-state index in [0.717, 1.165) is 33.2 Å². The van der Waals surface area contributed by atoms with Crippen molar-refractivity contribution in [2.24, 2.45) is 0 Å². The van der Waals surface area contributed by atoms with Crippen LogP contribution >= 0.6 is 0 Å². The number of hydrogen-bond acceptors (Lipinski definition) is 3. The van der Waals surface area contributed by atoms with Crippen molar-refractivity contribution in [2.75, 3.05) is 0 Å². The van der Waals surface area contributed by atoms with Crippen molar-refractivity contribution in [1.82, 2.24) is 14.1 Å². The number of nitrogens with zero attached hydrogens (tertiary/aromatic N) is 5. The fraction of sp³-hybridized carbons (Fsp3) is 0.0755. The molecule has 0 aliphatic rings. The van der Waals surface area contributed by atoms with Crippen LogP contribution in [-0.2, 0) is 5.41 Å². The zero-order valence-corrected chi connectivity index (χ0v) is 32.2. The maximum Gasteiger partial charge on any atom is 0.269 e. The second-order valence-corrected chi connectivity index (χ2v) is 15.1. The molecular formula is C53H39N5O. The fourth-order valence-electron chi connectivity index (χ4n) is 7.60. The minimum absolute atomic E-state index is 0.0257. The van der Waals surface area contributed by atoms with Crippen molar-refractivity contribution >= 4 is 32.8 Å². The van der Waals surface area contributed by atoms with Crippen molar-refractivity contribution in [2.45, 2.75) is 26.2 Å². The number of ether oxygens (including phenoxy) is 1. The molecule has 10 aromatic rings. The third-order valence-electron chi connectivity index (χ3n) is 10.4. The molecule has 6 nitrogen and oxygen atoms in total. The molecule has 0 unspecified atom stereocenters. The summed E-state index contributed by atoms with van der Waals surface area (Å²) in [7, 11) is 0. The lowest BCUT2D eigenvalue weighted by molar-refractivity contribution is -0.571. The van der Waals surface area contributed by atoms with Crippen LogP contribution in [0.3, 0.4) is 0 Å². The maximum absolute atomic E-state index is 10.4. The molecule has 3 aromatic heterocycles. The van der Waals surface area contributed by atoms with Gasteiger partial charge >= 0.3 is 0 Å². The van der Waals surface area contributed by atoms with Crippen LogP contribution in [0.15, 0.2) is 182 Å². The summed E-state index contributed by atoms with van der Waals surface area (Å²) in [6.45, 7) is 6.51. The highest BCUT2D eigenvalue weighted by Crippen LogP contribution is 2.38. The number of rotatable bonds is 7. The minimum Gasteiger partial charge on any atom is -0.458 e. The van der Waals surface area contributed by atoms with Crippen molar-refractivity contribution in [3.05, 3.63) is 199 Å². The van der Waals surface area contributed by atoms with E-state index >= 15 is 0 Å². The van der Waals surface area contributed by atoms with Crippen LogP contribution in [0.2, 0.25) is 0 Å². The van der Waals surface area contributed by atoms with Gasteiger partial charge in [-0.3, -0.25) is 13.7 Å². The van der Waals surface area contributed by atoms with Crippen LogP contribution in [0.1, 0.15) is 45.6 Å². The maximum atomic E-state index is 10.4. The van der Waals surface area contributed by atoms with E-state index in [4.69, 9.17) is 23.4 Å². The van der Waals surface area contributed by atoms with Gasteiger partial charge in [-0.25, -0.2) is 4.98 Å². The Hall–Kier alpha value is -7.75. The molecule has 0 fully saturated rings. The van der Waals surface area contributed by atoms with Crippen molar-refractivity contribution in [3.63, 3.8) is 0 Å². The van der Waals surface area contributed by atoms with E-state index in [0.29, 0.717) is 28.2 Å². The predicted octanol–water partition coefficient (Wildman–Crippen LogP) is 12.5. The summed E-state index contributed by atoms with van der Waals surface area (Å²) in [5.41, 5.74) is 4.05.